The summed E-state index contributed by atoms with van der Waals surface area (Å²) >= 11 is 0. The normalized spacial score (nSPS) is 13.4. The van der Waals surface area contributed by atoms with E-state index in [9.17, 15) is 4.21 Å². The molecule has 0 aliphatic rings. The smallest absolute Gasteiger partial charge is 0.0854 e. The maximum Gasteiger partial charge on any atom is 0.0854 e. The van der Waals surface area contributed by atoms with E-state index in [0.717, 1.165) is 24.2 Å². The summed E-state index contributed by atoms with van der Waals surface area (Å²) in [5.74, 6) is 0.452. The Labute approximate surface area is 131 Å². The van der Waals surface area contributed by atoms with Gasteiger partial charge in [0, 0.05) is 10.3 Å². The monoisotopic (exact) mass is 300 g/mol. The Balaban J connectivity index is 2.73. The van der Waals surface area contributed by atoms with E-state index in [4.69, 9.17) is 0 Å². The first-order chi connectivity index (χ1) is 10.2. The van der Waals surface area contributed by atoms with E-state index >= 15 is 0 Å². The molecule has 0 aliphatic carbocycles. The first-order valence-electron chi connectivity index (χ1n) is 7.37. The Morgan fingerprint density at radius 3 is 2.71 bits per heavy atom. The van der Waals surface area contributed by atoms with E-state index in [-0.39, 0.29) is 0 Å². The fraction of sp³-hybridized carbons (Fsp3) is 0.316. The molecule has 0 saturated heterocycles. The minimum absolute atomic E-state index is 0.452. The lowest BCUT2D eigenvalue weighted by Crippen LogP contribution is -1.97. The van der Waals surface area contributed by atoms with Crippen molar-refractivity contribution in [3.8, 4) is 0 Å². The molecule has 0 aromatic heterocycles. The molecule has 1 aromatic rings. The van der Waals surface area contributed by atoms with Crippen molar-refractivity contribution in [3.05, 3.63) is 71.9 Å². The second kappa shape index (κ2) is 10.1. The average Bonchev–Trinajstić information content (AvgIpc) is 2.52. The summed E-state index contributed by atoms with van der Waals surface area (Å²) in [6.07, 6.45) is 8.94. The fourth-order valence-electron chi connectivity index (χ4n) is 2.06. The molecule has 1 nitrogen and oxygen atoms in total. The van der Waals surface area contributed by atoms with E-state index in [2.05, 4.69) is 32.2 Å². The third kappa shape index (κ3) is 6.57. The van der Waals surface area contributed by atoms with Crippen LogP contribution in [-0.4, -0.2) is 4.21 Å². The first kappa shape index (κ1) is 17.4. The molecule has 21 heavy (non-hydrogen) atoms. The van der Waals surface area contributed by atoms with Crippen LogP contribution in [0.2, 0.25) is 0 Å². The van der Waals surface area contributed by atoms with Gasteiger partial charge in [-0.1, -0.05) is 56.9 Å². The summed E-state index contributed by atoms with van der Waals surface area (Å²) in [4.78, 5) is 0.821. The summed E-state index contributed by atoms with van der Waals surface area (Å²) < 4.78 is 12.1. The van der Waals surface area contributed by atoms with Crippen molar-refractivity contribution < 1.29 is 4.21 Å². The predicted molar refractivity (Wildman–Crippen MR) is 92.5 cm³/mol. The van der Waals surface area contributed by atoms with Gasteiger partial charge in [0.15, 0.2) is 0 Å². The fourth-order valence-corrected chi connectivity index (χ4v) is 2.88. The third-order valence-electron chi connectivity index (χ3n) is 3.34. The zero-order valence-corrected chi connectivity index (χ0v) is 13.7. The summed E-state index contributed by atoms with van der Waals surface area (Å²) in [7, 11) is -1.12. The minimum atomic E-state index is -1.12. The molecule has 0 spiro atoms. The highest BCUT2D eigenvalue weighted by atomic mass is 32.2. The molecule has 2 heteroatoms. The highest BCUT2D eigenvalue weighted by Crippen LogP contribution is 2.19. The summed E-state index contributed by atoms with van der Waals surface area (Å²) in [5.41, 5.74) is 4.48. The lowest BCUT2D eigenvalue weighted by atomic mass is 9.95. The molecular formula is C19H24OS. The van der Waals surface area contributed by atoms with E-state index < -0.39 is 10.8 Å². The van der Waals surface area contributed by atoms with Crippen molar-refractivity contribution >= 4 is 10.8 Å². The second-order valence-corrected chi connectivity index (χ2v) is 6.20. The zero-order valence-electron chi connectivity index (χ0n) is 12.9. The molecule has 0 heterocycles. The largest absolute Gasteiger partial charge is 0.249 e. The highest BCUT2D eigenvalue weighted by molar-refractivity contribution is 7.88. The molecule has 112 valence electrons. The standard InChI is InChI=1S/C19H24OS/c1-4-6-7-9-12-17(3)18(5-2)15-16-21(20)19-13-10-8-11-14-19/h4,6-8,10-11,13-14,16-17H,1,5,9,12H2,2-3H3/b7-6+. The van der Waals surface area contributed by atoms with Gasteiger partial charge >= 0.3 is 0 Å². The Kier molecular flexibility index (Phi) is 8.42. The summed E-state index contributed by atoms with van der Waals surface area (Å²) in [5, 5.41) is 1.68. The number of hydrogen-bond donors (Lipinski definition) is 0. The van der Waals surface area contributed by atoms with Gasteiger partial charge in [-0.2, -0.15) is 0 Å². The molecule has 0 fully saturated rings. The molecule has 0 radical (unpaired) electrons. The van der Waals surface area contributed by atoms with Crippen molar-refractivity contribution in [1.82, 2.24) is 0 Å². The number of allylic oxidation sites excluding steroid dienone is 4. The van der Waals surface area contributed by atoms with Gasteiger partial charge in [0.2, 0.25) is 0 Å². The van der Waals surface area contributed by atoms with Crippen LogP contribution in [-0.2, 0) is 10.8 Å². The van der Waals surface area contributed by atoms with Gasteiger partial charge in [-0.15, -0.1) is 5.73 Å². The third-order valence-corrected chi connectivity index (χ3v) is 4.41. The van der Waals surface area contributed by atoms with Crippen LogP contribution in [0.4, 0.5) is 0 Å². The van der Waals surface area contributed by atoms with Crippen molar-refractivity contribution in [2.24, 2.45) is 5.92 Å². The van der Waals surface area contributed by atoms with Crippen molar-refractivity contribution in [1.29, 1.82) is 0 Å². The van der Waals surface area contributed by atoms with Gasteiger partial charge in [0.25, 0.3) is 0 Å². The molecule has 0 bridgehead atoms. The molecule has 0 saturated carbocycles. The molecule has 2 atom stereocenters. The molecule has 0 N–H and O–H groups in total. The predicted octanol–water partition coefficient (Wildman–Crippen LogP) is 5.40. The van der Waals surface area contributed by atoms with E-state index in [1.165, 1.54) is 5.57 Å². The van der Waals surface area contributed by atoms with Gasteiger partial charge in [-0.3, -0.25) is 0 Å². The van der Waals surface area contributed by atoms with Crippen LogP contribution in [0.15, 0.2) is 76.7 Å². The van der Waals surface area contributed by atoms with Crippen LogP contribution < -0.4 is 0 Å². The Morgan fingerprint density at radius 2 is 2.10 bits per heavy atom. The van der Waals surface area contributed by atoms with Gasteiger partial charge < -0.3 is 0 Å². The van der Waals surface area contributed by atoms with Crippen molar-refractivity contribution in [2.45, 2.75) is 38.0 Å². The maximum absolute atomic E-state index is 12.1. The Morgan fingerprint density at radius 1 is 1.38 bits per heavy atom. The van der Waals surface area contributed by atoms with Crippen LogP contribution in [0.1, 0.15) is 33.1 Å². The highest BCUT2D eigenvalue weighted by Gasteiger charge is 2.05. The molecule has 1 aromatic carbocycles. The van der Waals surface area contributed by atoms with Gasteiger partial charge in [0.05, 0.1) is 10.8 Å². The number of hydrogen-bond acceptors (Lipinski definition) is 1. The minimum Gasteiger partial charge on any atom is -0.249 e. The quantitative estimate of drug-likeness (QED) is 0.464. The van der Waals surface area contributed by atoms with E-state index in [0.29, 0.717) is 5.92 Å². The molecular weight excluding hydrogens is 276 g/mol. The Bertz CT molecular complexity index is 548. The molecule has 0 amide bonds. The molecule has 1 rings (SSSR count). The average molecular weight is 300 g/mol. The van der Waals surface area contributed by atoms with Crippen LogP contribution in [0.5, 0.6) is 0 Å². The van der Waals surface area contributed by atoms with Gasteiger partial charge in [0.1, 0.15) is 0 Å². The number of benzene rings is 1. The van der Waals surface area contributed by atoms with Crippen LogP contribution >= 0.6 is 0 Å². The van der Waals surface area contributed by atoms with E-state index in [1.807, 2.05) is 36.4 Å². The van der Waals surface area contributed by atoms with Crippen LogP contribution in [0, 0.1) is 5.92 Å². The first-order valence-corrected chi connectivity index (χ1v) is 8.59. The van der Waals surface area contributed by atoms with Crippen molar-refractivity contribution in [3.63, 3.8) is 0 Å². The second-order valence-electron chi connectivity index (χ2n) is 4.89. The van der Waals surface area contributed by atoms with E-state index in [1.54, 1.807) is 11.5 Å². The van der Waals surface area contributed by atoms with Crippen molar-refractivity contribution in [2.75, 3.05) is 0 Å². The lowest BCUT2D eigenvalue weighted by Gasteiger charge is -2.10. The summed E-state index contributed by atoms with van der Waals surface area (Å²) in [6, 6.07) is 9.49. The van der Waals surface area contributed by atoms with Gasteiger partial charge in [-0.05, 0) is 42.9 Å². The van der Waals surface area contributed by atoms with Crippen LogP contribution in [0.25, 0.3) is 0 Å². The van der Waals surface area contributed by atoms with Gasteiger partial charge in [-0.25, -0.2) is 4.21 Å². The summed E-state index contributed by atoms with van der Waals surface area (Å²) in [6.45, 7) is 7.99. The molecule has 0 aliphatic heterocycles. The molecule has 2 unspecified atom stereocenters. The number of rotatable bonds is 8. The lowest BCUT2D eigenvalue weighted by molar-refractivity contribution is 0.605. The SMILES string of the molecule is C=C/C=C/CCC(C)C(=C=CS(=O)c1ccccc1)CC. The Hall–Kier alpha value is -1.63. The maximum atomic E-state index is 12.1. The van der Waals surface area contributed by atoms with Crippen LogP contribution in [0.3, 0.4) is 0 Å². The topological polar surface area (TPSA) is 17.1 Å². The zero-order chi connectivity index (χ0) is 15.5.